The maximum absolute atomic E-state index is 12.0. The van der Waals surface area contributed by atoms with E-state index in [0.717, 1.165) is 6.42 Å². The summed E-state index contributed by atoms with van der Waals surface area (Å²) in [6, 6.07) is 2.87. The van der Waals surface area contributed by atoms with Crippen molar-refractivity contribution in [2.75, 3.05) is 0 Å². The van der Waals surface area contributed by atoms with Gasteiger partial charge in [-0.05, 0) is 12.5 Å². The van der Waals surface area contributed by atoms with E-state index in [1.165, 1.54) is 18.3 Å². The summed E-state index contributed by atoms with van der Waals surface area (Å²) in [5, 5.41) is 2.93. The summed E-state index contributed by atoms with van der Waals surface area (Å²) in [5.41, 5.74) is 0.227. The number of aromatic amines is 1. The Kier molecular flexibility index (Phi) is 4.12. The maximum Gasteiger partial charge on any atom is 0.253 e. The average molecular weight is 260 g/mol. The van der Waals surface area contributed by atoms with Gasteiger partial charge in [0.2, 0.25) is 5.56 Å². The highest BCUT2D eigenvalue weighted by atomic mass is 16.2. The molecule has 2 aromatic heterocycles. The molecule has 100 valence electrons. The fourth-order valence-corrected chi connectivity index (χ4v) is 1.75. The summed E-state index contributed by atoms with van der Waals surface area (Å²) in [7, 11) is 0. The lowest BCUT2D eigenvalue weighted by atomic mass is 10.2. The minimum atomic E-state index is -0.220. The van der Waals surface area contributed by atoms with Crippen LogP contribution in [-0.2, 0) is 6.54 Å². The largest absolute Gasteiger partial charge is 0.347 e. The molecule has 0 saturated carbocycles. The third-order valence-electron chi connectivity index (χ3n) is 2.86. The summed E-state index contributed by atoms with van der Waals surface area (Å²) in [6.45, 7) is 2.68. The number of nitrogens with zero attached hydrogens (tertiary/aromatic N) is 2. The van der Waals surface area contributed by atoms with E-state index >= 15 is 0 Å². The molecule has 2 aromatic rings. The van der Waals surface area contributed by atoms with Gasteiger partial charge >= 0.3 is 0 Å². The fourth-order valence-electron chi connectivity index (χ4n) is 1.75. The van der Waals surface area contributed by atoms with Crippen molar-refractivity contribution in [3.63, 3.8) is 0 Å². The highest BCUT2D eigenvalue weighted by molar-refractivity contribution is 5.93. The molecule has 0 spiro atoms. The van der Waals surface area contributed by atoms with Gasteiger partial charge in [0.1, 0.15) is 0 Å². The van der Waals surface area contributed by atoms with E-state index in [1.807, 2.05) is 17.7 Å². The normalized spacial score (nSPS) is 12.1. The van der Waals surface area contributed by atoms with Crippen molar-refractivity contribution in [2.24, 2.45) is 0 Å². The van der Waals surface area contributed by atoms with Gasteiger partial charge in [-0.2, -0.15) is 0 Å². The SMILES string of the molecule is CC[C@H](Cn1ccnc1)NC(=O)c1ccc(=O)[nH]c1. The minimum absolute atomic E-state index is 0.0219. The van der Waals surface area contributed by atoms with Crippen molar-refractivity contribution in [1.29, 1.82) is 0 Å². The molecule has 0 fully saturated rings. The number of carbonyl (C=O) groups is 1. The van der Waals surface area contributed by atoms with Crippen LogP contribution in [0.5, 0.6) is 0 Å². The van der Waals surface area contributed by atoms with Crippen molar-refractivity contribution in [2.45, 2.75) is 25.9 Å². The number of aromatic nitrogens is 3. The van der Waals surface area contributed by atoms with Gasteiger partial charge in [0, 0.05) is 37.2 Å². The fraction of sp³-hybridized carbons (Fsp3) is 0.308. The lowest BCUT2D eigenvalue weighted by molar-refractivity contribution is 0.0931. The molecule has 2 N–H and O–H groups in total. The molecule has 0 radical (unpaired) electrons. The monoisotopic (exact) mass is 260 g/mol. The van der Waals surface area contributed by atoms with Crippen LogP contribution in [0.1, 0.15) is 23.7 Å². The van der Waals surface area contributed by atoms with E-state index in [-0.39, 0.29) is 17.5 Å². The molecular weight excluding hydrogens is 244 g/mol. The summed E-state index contributed by atoms with van der Waals surface area (Å²) >= 11 is 0. The Morgan fingerprint density at radius 2 is 2.37 bits per heavy atom. The second-order valence-electron chi connectivity index (χ2n) is 4.28. The number of hydrogen-bond acceptors (Lipinski definition) is 3. The van der Waals surface area contributed by atoms with Gasteiger partial charge in [-0.1, -0.05) is 6.92 Å². The summed E-state index contributed by atoms with van der Waals surface area (Å²) in [6.07, 6.45) is 7.51. The Bertz CT molecular complexity index is 568. The molecule has 0 aliphatic carbocycles. The molecule has 1 amide bonds. The predicted octanol–water partition coefficient (Wildman–Crippen LogP) is 0.780. The lowest BCUT2D eigenvalue weighted by Gasteiger charge is -2.17. The first-order valence-corrected chi connectivity index (χ1v) is 6.14. The number of imidazole rings is 1. The maximum atomic E-state index is 12.0. The van der Waals surface area contributed by atoms with E-state index in [0.29, 0.717) is 12.1 Å². The third kappa shape index (κ3) is 3.54. The minimum Gasteiger partial charge on any atom is -0.347 e. The number of hydrogen-bond donors (Lipinski definition) is 2. The van der Waals surface area contributed by atoms with Gasteiger partial charge in [0.05, 0.1) is 11.9 Å². The molecule has 6 nitrogen and oxygen atoms in total. The predicted molar refractivity (Wildman–Crippen MR) is 70.8 cm³/mol. The molecular formula is C13H16N4O2. The van der Waals surface area contributed by atoms with Crippen LogP contribution in [0.25, 0.3) is 0 Å². The molecule has 0 saturated heterocycles. The zero-order valence-electron chi connectivity index (χ0n) is 10.7. The summed E-state index contributed by atoms with van der Waals surface area (Å²) in [4.78, 5) is 29.4. The highest BCUT2D eigenvalue weighted by Gasteiger charge is 2.12. The van der Waals surface area contributed by atoms with E-state index in [1.54, 1.807) is 12.5 Å². The number of amides is 1. The van der Waals surface area contributed by atoms with Crippen LogP contribution in [-0.4, -0.2) is 26.5 Å². The van der Waals surface area contributed by atoms with E-state index < -0.39 is 0 Å². The first kappa shape index (κ1) is 13.1. The molecule has 6 heteroatoms. The van der Waals surface area contributed by atoms with Crippen LogP contribution in [0.15, 0.2) is 41.8 Å². The van der Waals surface area contributed by atoms with Crippen LogP contribution in [0.2, 0.25) is 0 Å². The Morgan fingerprint density at radius 3 is 2.95 bits per heavy atom. The van der Waals surface area contributed by atoms with Gasteiger partial charge in [0.25, 0.3) is 5.91 Å². The smallest absolute Gasteiger partial charge is 0.253 e. The topological polar surface area (TPSA) is 79.8 Å². The first-order valence-electron chi connectivity index (χ1n) is 6.14. The molecule has 1 atom stereocenters. The number of pyridine rings is 1. The van der Waals surface area contributed by atoms with Crippen LogP contribution >= 0.6 is 0 Å². The molecule has 2 rings (SSSR count). The lowest BCUT2D eigenvalue weighted by Crippen LogP contribution is -2.37. The Hall–Kier alpha value is -2.37. The van der Waals surface area contributed by atoms with Crippen molar-refractivity contribution in [3.05, 3.63) is 53.0 Å². The van der Waals surface area contributed by atoms with Crippen LogP contribution in [0.3, 0.4) is 0 Å². The van der Waals surface area contributed by atoms with Gasteiger partial charge in [-0.3, -0.25) is 9.59 Å². The number of rotatable bonds is 5. The van der Waals surface area contributed by atoms with Crippen molar-refractivity contribution < 1.29 is 4.79 Å². The molecule has 0 unspecified atom stereocenters. The Labute approximate surface area is 110 Å². The van der Waals surface area contributed by atoms with Gasteiger partial charge in [-0.15, -0.1) is 0 Å². The molecule has 2 heterocycles. The van der Waals surface area contributed by atoms with Crippen LogP contribution in [0, 0.1) is 0 Å². The molecule has 0 bridgehead atoms. The first-order chi connectivity index (χ1) is 9.19. The molecule has 0 aromatic carbocycles. The van der Waals surface area contributed by atoms with E-state index in [9.17, 15) is 9.59 Å². The second kappa shape index (κ2) is 5.99. The number of nitrogens with one attached hydrogen (secondary N) is 2. The average Bonchev–Trinajstić information content (AvgIpc) is 2.91. The number of carbonyl (C=O) groups excluding carboxylic acids is 1. The van der Waals surface area contributed by atoms with Crippen molar-refractivity contribution >= 4 is 5.91 Å². The third-order valence-corrected chi connectivity index (χ3v) is 2.86. The number of H-pyrrole nitrogens is 1. The quantitative estimate of drug-likeness (QED) is 0.833. The Morgan fingerprint density at radius 1 is 1.53 bits per heavy atom. The second-order valence-corrected chi connectivity index (χ2v) is 4.28. The summed E-state index contributed by atoms with van der Waals surface area (Å²) < 4.78 is 1.92. The van der Waals surface area contributed by atoms with Gasteiger partial charge in [-0.25, -0.2) is 4.98 Å². The van der Waals surface area contributed by atoms with Gasteiger partial charge in [0.15, 0.2) is 0 Å². The zero-order chi connectivity index (χ0) is 13.7. The highest BCUT2D eigenvalue weighted by Crippen LogP contribution is 2.00. The van der Waals surface area contributed by atoms with Crippen LogP contribution < -0.4 is 10.9 Å². The Balaban J connectivity index is 1.99. The van der Waals surface area contributed by atoms with Crippen molar-refractivity contribution in [3.8, 4) is 0 Å². The van der Waals surface area contributed by atoms with Crippen molar-refractivity contribution in [1.82, 2.24) is 19.9 Å². The van der Waals surface area contributed by atoms with Crippen LogP contribution in [0.4, 0.5) is 0 Å². The standard InChI is InChI=1S/C13H16N4O2/c1-2-11(8-17-6-5-14-9-17)16-13(19)10-3-4-12(18)15-7-10/h3-7,9,11H,2,8H2,1H3,(H,15,18)(H,16,19)/t11-/m1/s1. The zero-order valence-corrected chi connectivity index (χ0v) is 10.7. The van der Waals surface area contributed by atoms with Gasteiger partial charge < -0.3 is 14.9 Å². The molecule has 0 aliphatic rings. The molecule has 0 aliphatic heterocycles. The molecule has 19 heavy (non-hydrogen) atoms. The van der Waals surface area contributed by atoms with E-state index in [2.05, 4.69) is 15.3 Å². The van der Waals surface area contributed by atoms with E-state index in [4.69, 9.17) is 0 Å². The summed E-state index contributed by atoms with van der Waals surface area (Å²) in [5.74, 6) is -0.191.